The maximum absolute atomic E-state index is 13.2. The fourth-order valence-electron chi connectivity index (χ4n) is 3.53. The Bertz CT molecular complexity index is 1440. The van der Waals surface area contributed by atoms with E-state index in [1.165, 1.54) is 5.56 Å². The van der Waals surface area contributed by atoms with Gasteiger partial charge in [-0.15, -0.1) is 5.10 Å². The summed E-state index contributed by atoms with van der Waals surface area (Å²) in [6.07, 6.45) is 1.67. The van der Waals surface area contributed by atoms with Crippen molar-refractivity contribution in [2.24, 2.45) is 7.05 Å². The molecule has 3 aromatic carbocycles. The van der Waals surface area contributed by atoms with Gasteiger partial charge in [0.25, 0.3) is 5.91 Å². The first-order valence-electron chi connectivity index (χ1n) is 10.3. The van der Waals surface area contributed by atoms with Crippen molar-refractivity contribution in [2.45, 2.75) is 6.92 Å². The second kappa shape index (κ2) is 8.51. The minimum absolute atomic E-state index is 0.270. The van der Waals surface area contributed by atoms with Crippen LogP contribution in [0.4, 0.5) is 5.69 Å². The van der Waals surface area contributed by atoms with Gasteiger partial charge in [0.2, 0.25) is 5.89 Å². The highest BCUT2D eigenvalue weighted by Crippen LogP contribution is 2.29. The van der Waals surface area contributed by atoms with Gasteiger partial charge in [-0.3, -0.25) is 4.79 Å². The maximum atomic E-state index is 13.2. The SMILES string of the molecule is Cc1ccc(-c2cnc(-c3ccccc3C(=O)Nc3cccc(-c4nnnn4C)c3)o2)cc1. The first-order valence-corrected chi connectivity index (χ1v) is 10.3. The number of nitrogens with one attached hydrogen (secondary N) is 1. The van der Waals surface area contributed by atoms with Crippen molar-refractivity contribution in [1.82, 2.24) is 25.2 Å². The van der Waals surface area contributed by atoms with Gasteiger partial charge >= 0.3 is 0 Å². The Morgan fingerprint density at radius 2 is 1.79 bits per heavy atom. The van der Waals surface area contributed by atoms with E-state index in [-0.39, 0.29) is 5.91 Å². The molecular weight excluding hydrogens is 416 g/mol. The molecule has 0 radical (unpaired) electrons. The van der Waals surface area contributed by atoms with Crippen LogP contribution in [0.2, 0.25) is 0 Å². The number of oxazole rings is 1. The Labute approximate surface area is 189 Å². The van der Waals surface area contributed by atoms with Gasteiger partial charge in [0.1, 0.15) is 0 Å². The molecule has 0 saturated heterocycles. The third-order valence-electron chi connectivity index (χ3n) is 5.24. The molecular formula is C25H20N6O2. The summed E-state index contributed by atoms with van der Waals surface area (Å²) in [7, 11) is 1.76. The van der Waals surface area contributed by atoms with Crippen LogP contribution in [0.25, 0.3) is 34.2 Å². The summed E-state index contributed by atoms with van der Waals surface area (Å²) < 4.78 is 7.58. The van der Waals surface area contributed by atoms with Crippen LogP contribution in [-0.2, 0) is 7.05 Å². The van der Waals surface area contributed by atoms with E-state index in [2.05, 4.69) is 25.8 Å². The highest BCUT2D eigenvalue weighted by atomic mass is 16.4. The number of hydrogen-bond donors (Lipinski definition) is 1. The number of amides is 1. The zero-order chi connectivity index (χ0) is 22.8. The molecule has 8 heteroatoms. The predicted molar refractivity (Wildman–Crippen MR) is 124 cm³/mol. The summed E-state index contributed by atoms with van der Waals surface area (Å²) >= 11 is 0. The Kier molecular flexibility index (Phi) is 5.24. The Balaban J connectivity index is 1.42. The van der Waals surface area contributed by atoms with Gasteiger partial charge in [-0.2, -0.15) is 0 Å². The van der Waals surface area contributed by atoms with E-state index in [9.17, 15) is 4.79 Å². The summed E-state index contributed by atoms with van der Waals surface area (Å²) in [4.78, 5) is 17.6. The van der Waals surface area contributed by atoms with E-state index in [1.807, 2.05) is 73.7 Å². The molecule has 0 atom stereocenters. The van der Waals surface area contributed by atoms with E-state index in [4.69, 9.17) is 4.42 Å². The summed E-state index contributed by atoms with van der Waals surface area (Å²) in [5.41, 5.74) is 4.59. The molecule has 0 aliphatic carbocycles. The molecule has 0 unspecified atom stereocenters. The topological polar surface area (TPSA) is 98.7 Å². The average molecular weight is 436 g/mol. The molecule has 2 heterocycles. The lowest BCUT2D eigenvalue weighted by Gasteiger charge is -2.09. The van der Waals surface area contributed by atoms with Crippen LogP contribution in [-0.4, -0.2) is 31.1 Å². The molecule has 5 rings (SSSR count). The smallest absolute Gasteiger partial charge is 0.256 e. The highest BCUT2D eigenvalue weighted by molar-refractivity contribution is 6.08. The number of tetrazole rings is 1. The number of carbonyl (C=O) groups is 1. The molecule has 1 N–H and O–H groups in total. The first-order chi connectivity index (χ1) is 16.1. The van der Waals surface area contributed by atoms with Crippen molar-refractivity contribution < 1.29 is 9.21 Å². The largest absolute Gasteiger partial charge is 0.436 e. The molecule has 0 saturated carbocycles. The normalized spacial score (nSPS) is 10.8. The molecule has 0 spiro atoms. The third kappa shape index (κ3) is 4.14. The van der Waals surface area contributed by atoms with Gasteiger partial charge in [0, 0.05) is 29.4 Å². The molecule has 33 heavy (non-hydrogen) atoms. The lowest BCUT2D eigenvalue weighted by Crippen LogP contribution is -2.13. The van der Waals surface area contributed by atoms with Crippen LogP contribution in [0.5, 0.6) is 0 Å². The summed E-state index contributed by atoms with van der Waals surface area (Å²) in [6, 6.07) is 22.6. The summed E-state index contributed by atoms with van der Waals surface area (Å²) in [6.45, 7) is 2.03. The maximum Gasteiger partial charge on any atom is 0.256 e. The predicted octanol–water partition coefficient (Wildman–Crippen LogP) is 4.76. The Morgan fingerprint density at radius 1 is 0.970 bits per heavy atom. The van der Waals surface area contributed by atoms with E-state index < -0.39 is 0 Å². The number of aromatic nitrogens is 5. The van der Waals surface area contributed by atoms with E-state index in [1.54, 1.807) is 24.0 Å². The molecule has 0 bridgehead atoms. The van der Waals surface area contributed by atoms with E-state index in [0.717, 1.165) is 11.1 Å². The fraction of sp³-hybridized carbons (Fsp3) is 0.0800. The third-order valence-corrected chi connectivity index (χ3v) is 5.24. The van der Waals surface area contributed by atoms with Crippen LogP contribution in [0.3, 0.4) is 0 Å². The number of nitrogens with zero attached hydrogens (tertiary/aromatic N) is 5. The van der Waals surface area contributed by atoms with Gasteiger partial charge < -0.3 is 9.73 Å². The quantitative estimate of drug-likeness (QED) is 0.426. The van der Waals surface area contributed by atoms with Crippen LogP contribution in [0.1, 0.15) is 15.9 Å². The van der Waals surface area contributed by atoms with Crippen molar-refractivity contribution in [3.63, 3.8) is 0 Å². The van der Waals surface area contributed by atoms with Gasteiger partial charge in [0.05, 0.1) is 11.8 Å². The van der Waals surface area contributed by atoms with Crippen LogP contribution >= 0.6 is 0 Å². The number of carbonyl (C=O) groups excluding carboxylic acids is 1. The molecule has 1 amide bonds. The average Bonchev–Trinajstić information content (AvgIpc) is 3.49. The zero-order valence-corrected chi connectivity index (χ0v) is 18.1. The monoisotopic (exact) mass is 436 g/mol. The van der Waals surface area contributed by atoms with E-state index >= 15 is 0 Å². The lowest BCUT2D eigenvalue weighted by molar-refractivity contribution is 0.102. The minimum Gasteiger partial charge on any atom is -0.436 e. The van der Waals surface area contributed by atoms with Crippen molar-refractivity contribution >= 4 is 11.6 Å². The van der Waals surface area contributed by atoms with Gasteiger partial charge in [-0.05, 0) is 41.6 Å². The number of anilines is 1. The fourth-order valence-corrected chi connectivity index (χ4v) is 3.53. The molecule has 0 aliphatic heterocycles. The molecule has 5 aromatic rings. The van der Waals surface area contributed by atoms with Crippen molar-refractivity contribution in [3.05, 3.63) is 90.1 Å². The van der Waals surface area contributed by atoms with Crippen LogP contribution < -0.4 is 5.32 Å². The molecule has 2 aromatic heterocycles. The molecule has 0 fully saturated rings. The van der Waals surface area contributed by atoms with Gasteiger partial charge in [-0.1, -0.05) is 54.1 Å². The minimum atomic E-state index is -0.270. The molecule has 162 valence electrons. The summed E-state index contributed by atoms with van der Waals surface area (Å²) in [5.74, 6) is 1.37. The highest BCUT2D eigenvalue weighted by Gasteiger charge is 2.17. The second-order valence-electron chi connectivity index (χ2n) is 7.60. The zero-order valence-electron chi connectivity index (χ0n) is 18.1. The lowest BCUT2D eigenvalue weighted by atomic mass is 10.1. The number of benzene rings is 3. The number of rotatable bonds is 5. The van der Waals surface area contributed by atoms with Crippen LogP contribution in [0.15, 0.2) is 83.4 Å². The Morgan fingerprint density at radius 3 is 2.58 bits per heavy atom. The molecule has 0 aliphatic rings. The standard InChI is InChI=1S/C25H20N6O2/c1-16-10-12-17(13-11-16)22-15-26-25(33-22)21-9-4-3-8-20(21)24(32)27-19-7-5-6-18(14-19)23-28-29-30-31(23)2/h3-15H,1-2H3,(H,27,32). The van der Waals surface area contributed by atoms with Crippen LogP contribution in [0, 0.1) is 6.92 Å². The van der Waals surface area contributed by atoms with Crippen molar-refractivity contribution in [3.8, 4) is 34.2 Å². The van der Waals surface area contributed by atoms with E-state index in [0.29, 0.717) is 34.3 Å². The first kappa shape index (κ1) is 20.3. The van der Waals surface area contributed by atoms with Crippen molar-refractivity contribution in [2.75, 3.05) is 5.32 Å². The Hall–Kier alpha value is -4.59. The second-order valence-corrected chi connectivity index (χ2v) is 7.60. The van der Waals surface area contributed by atoms with Gasteiger partial charge in [0.15, 0.2) is 11.6 Å². The van der Waals surface area contributed by atoms with Gasteiger partial charge in [-0.25, -0.2) is 9.67 Å². The van der Waals surface area contributed by atoms with Crippen molar-refractivity contribution in [1.29, 1.82) is 0 Å². The number of hydrogen-bond acceptors (Lipinski definition) is 6. The number of aryl methyl sites for hydroxylation is 2. The summed E-state index contributed by atoms with van der Waals surface area (Å²) in [5, 5.41) is 14.5. The molecule has 8 nitrogen and oxygen atoms in total.